The minimum atomic E-state index is -0.0751. The van der Waals surface area contributed by atoms with Crippen LogP contribution < -0.4 is 31.1 Å². The predicted molar refractivity (Wildman–Crippen MR) is 326 cm³/mol. The van der Waals surface area contributed by atoms with Gasteiger partial charge in [-0.15, -0.1) is 0 Å². The molecule has 0 amide bonds. The van der Waals surface area contributed by atoms with E-state index in [1.54, 1.807) is 0 Å². The Kier molecular flexibility index (Phi) is 10.6. The first-order chi connectivity index (χ1) is 38.2. The minimum absolute atomic E-state index is 0.0751. The van der Waals surface area contributed by atoms with E-state index in [0.717, 1.165) is 68.0 Å². The molecule has 15 rings (SSSR count). The molecule has 360 valence electrons. The molecule has 3 heterocycles. The second-order valence-corrected chi connectivity index (χ2v) is 20.0. The lowest BCUT2D eigenvalue weighted by molar-refractivity contribution is 1.18. The fraction of sp³-hybridized carbons (Fsp3) is 0. The molecule has 4 nitrogen and oxygen atoms in total. The van der Waals surface area contributed by atoms with Crippen LogP contribution in [-0.4, -0.2) is 11.3 Å². The van der Waals surface area contributed by atoms with Crippen LogP contribution in [0, 0.1) is 0 Å². The Morgan fingerprint density at radius 1 is 0.273 bits per heavy atom. The maximum Gasteiger partial charge on any atom is 0.252 e. The second kappa shape index (κ2) is 18.4. The Balaban J connectivity index is 0.944. The Bertz CT molecular complexity index is 4240. The van der Waals surface area contributed by atoms with Gasteiger partial charge < -0.3 is 19.3 Å². The molecule has 0 saturated heterocycles. The molecule has 77 heavy (non-hydrogen) atoms. The molecule has 12 aromatic carbocycles. The van der Waals surface area contributed by atoms with E-state index in [1.165, 1.54) is 60.4 Å². The third-order valence-electron chi connectivity index (χ3n) is 15.8. The highest BCUT2D eigenvalue weighted by molar-refractivity contribution is 7.00. The Labute approximate surface area is 449 Å². The van der Waals surface area contributed by atoms with Crippen molar-refractivity contribution in [3.63, 3.8) is 0 Å². The van der Waals surface area contributed by atoms with E-state index < -0.39 is 0 Å². The number of para-hydroxylation sites is 5. The largest absolute Gasteiger partial charge is 0.311 e. The van der Waals surface area contributed by atoms with E-state index in [9.17, 15) is 0 Å². The van der Waals surface area contributed by atoms with Crippen LogP contribution in [0.3, 0.4) is 0 Å². The highest BCUT2D eigenvalue weighted by atomic mass is 15.2. The first-order valence-electron chi connectivity index (χ1n) is 26.5. The molecule has 0 saturated carbocycles. The first-order valence-corrected chi connectivity index (χ1v) is 26.5. The fourth-order valence-electron chi connectivity index (χ4n) is 12.3. The molecule has 2 aliphatic rings. The van der Waals surface area contributed by atoms with Crippen molar-refractivity contribution < 1.29 is 0 Å². The number of anilines is 9. The van der Waals surface area contributed by atoms with E-state index in [4.69, 9.17) is 0 Å². The molecule has 1 aromatic heterocycles. The molecule has 0 aliphatic carbocycles. The average Bonchev–Trinajstić information content (AvgIpc) is 4.02. The molecular formula is C72H49BN4. The minimum Gasteiger partial charge on any atom is -0.311 e. The fourth-order valence-corrected chi connectivity index (χ4v) is 12.3. The maximum absolute atomic E-state index is 2.55. The maximum atomic E-state index is 2.55. The lowest BCUT2D eigenvalue weighted by Crippen LogP contribution is -2.61. The summed E-state index contributed by atoms with van der Waals surface area (Å²) in [5.74, 6) is 0. The normalized spacial score (nSPS) is 12.3. The van der Waals surface area contributed by atoms with E-state index >= 15 is 0 Å². The Morgan fingerprint density at radius 3 is 1.36 bits per heavy atom. The van der Waals surface area contributed by atoms with Gasteiger partial charge in [0.2, 0.25) is 0 Å². The van der Waals surface area contributed by atoms with Gasteiger partial charge in [0, 0.05) is 67.5 Å². The van der Waals surface area contributed by atoms with Gasteiger partial charge in [-0.2, -0.15) is 0 Å². The summed E-state index contributed by atoms with van der Waals surface area (Å²) in [7, 11) is 0. The van der Waals surface area contributed by atoms with Crippen LogP contribution in [0.25, 0.3) is 60.9 Å². The van der Waals surface area contributed by atoms with Crippen molar-refractivity contribution in [2.24, 2.45) is 0 Å². The first kappa shape index (κ1) is 44.4. The van der Waals surface area contributed by atoms with Crippen molar-refractivity contribution in [1.29, 1.82) is 0 Å². The van der Waals surface area contributed by atoms with Crippen LogP contribution in [0.5, 0.6) is 0 Å². The van der Waals surface area contributed by atoms with Gasteiger partial charge >= 0.3 is 0 Å². The molecule has 0 atom stereocenters. The monoisotopic (exact) mass is 980 g/mol. The molecule has 13 aromatic rings. The average molecular weight is 981 g/mol. The zero-order valence-electron chi connectivity index (χ0n) is 42.2. The molecule has 2 aliphatic heterocycles. The number of aromatic nitrogens is 1. The molecule has 0 spiro atoms. The number of hydrogen-bond donors (Lipinski definition) is 0. The van der Waals surface area contributed by atoms with Gasteiger partial charge in [0.1, 0.15) is 0 Å². The third kappa shape index (κ3) is 7.39. The molecule has 5 heteroatoms. The lowest BCUT2D eigenvalue weighted by Gasteiger charge is -2.45. The summed E-state index contributed by atoms with van der Waals surface area (Å²) in [5, 5.41) is 2.52. The molecule has 0 unspecified atom stereocenters. The topological polar surface area (TPSA) is 14.7 Å². The zero-order chi connectivity index (χ0) is 50.8. The number of benzene rings is 12. The van der Waals surface area contributed by atoms with E-state index in [0.29, 0.717) is 0 Å². The molecule has 0 N–H and O–H groups in total. The summed E-state index contributed by atoms with van der Waals surface area (Å²) >= 11 is 0. The standard InChI is InChI=1S/C72H49BN4/c1-5-20-50(21-6-1)51-36-41-58(42-37-51)76-68-34-19-35-69-72(68)73(64-47-45-59(49-71(64)76)74(55-24-9-3-10-25-55)56-26-11-4-12-27-56)63-46-40-54(48-70(63)77(69)65-31-16-13-28-60(65)53-22-7-2-8-23-53)52-38-43-57(44-39-52)75-66-32-17-14-29-61(66)62-30-15-18-33-67(62)75/h1-49H. The SMILES string of the molecule is c1ccc(-c2ccc(N3c4cc(N(c5ccccc5)c5ccccc5)ccc4B4c5ccc(-c6ccc(-n7c8ccccc8c8ccccc87)cc6)cc5N(c5ccccc5-c5ccccc5)c5cccc3c54)cc2)cc1. The van der Waals surface area contributed by atoms with Crippen LogP contribution in [0.15, 0.2) is 297 Å². The summed E-state index contributed by atoms with van der Waals surface area (Å²) in [6, 6.07) is 109. The van der Waals surface area contributed by atoms with Crippen LogP contribution in [0.2, 0.25) is 0 Å². The molecule has 0 fully saturated rings. The third-order valence-corrected chi connectivity index (χ3v) is 15.8. The van der Waals surface area contributed by atoms with Crippen molar-refractivity contribution in [2.45, 2.75) is 0 Å². The van der Waals surface area contributed by atoms with Gasteiger partial charge in [-0.25, -0.2) is 0 Å². The number of hydrogen-bond acceptors (Lipinski definition) is 3. The van der Waals surface area contributed by atoms with Crippen molar-refractivity contribution >= 4 is 96.1 Å². The highest BCUT2D eigenvalue weighted by Gasteiger charge is 2.44. The summed E-state index contributed by atoms with van der Waals surface area (Å²) < 4.78 is 2.39. The summed E-state index contributed by atoms with van der Waals surface area (Å²) in [6.07, 6.45) is 0. The van der Waals surface area contributed by atoms with Crippen molar-refractivity contribution in [1.82, 2.24) is 4.57 Å². The number of nitrogens with zero attached hydrogens (tertiary/aromatic N) is 4. The van der Waals surface area contributed by atoms with Gasteiger partial charge in [-0.05, 0) is 141 Å². The van der Waals surface area contributed by atoms with Crippen LogP contribution in [0.4, 0.5) is 51.2 Å². The lowest BCUT2D eigenvalue weighted by atomic mass is 9.33. The van der Waals surface area contributed by atoms with Crippen molar-refractivity contribution in [2.75, 3.05) is 14.7 Å². The summed E-state index contributed by atoms with van der Waals surface area (Å²) in [6.45, 7) is -0.0751. The highest BCUT2D eigenvalue weighted by Crippen LogP contribution is 2.48. The summed E-state index contributed by atoms with van der Waals surface area (Å²) in [4.78, 5) is 7.43. The van der Waals surface area contributed by atoms with Crippen LogP contribution >= 0.6 is 0 Å². The molecule has 0 bridgehead atoms. The van der Waals surface area contributed by atoms with Crippen molar-refractivity contribution in [3.05, 3.63) is 297 Å². The molecular weight excluding hydrogens is 932 g/mol. The van der Waals surface area contributed by atoms with Gasteiger partial charge in [0.05, 0.1) is 16.7 Å². The quantitative estimate of drug-likeness (QED) is 0.134. The van der Waals surface area contributed by atoms with E-state index in [-0.39, 0.29) is 6.71 Å². The van der Waals surface area contributed by atoms with E-state index in [1.807, 2.05) is 0 Å². The predicted octanol–water partition coefficient (Wildman–Crippen LogP) is 17.3. The zero-order valence-corrected chi connectivity index (χ0v) is 42.2. The van der Waals surface area contributed by atoms with Gasteiger partial charge in [-0.1, -0.05) is 200 Å². The van der Waals surface area contributed by atoms with Crippen molar-refractivity contribution in [3.8, 4) is 39.1 Å². The van der Waals surface area contributed by atoms with E-state index in [2.05, 4.69) is 317 Å². The van der Waals surface area contributed by atoms with Crippen LogP contribution in [-0.2, 0) is 0 Å². The molecule has 0 radical (unpaired) electrons. The van der Waals surface area contributed by atoms with Gasteiger partial charge in [-0.3, -0.25) is 0 Å². The second-order valence-electron chi connectivity index (χ2n) is 20.0. The Morgan fingerprint density at radius 2 is 0.727 bits per heavy atom. The smallest absolute Gasteiger partial charge is 0.252 e. The number of fused-ring (bicyclic) bond motifs is 7. The number of rotatable bonds is 9. The summed E-state index contributed by atoms with van der Waals surface area (Å²) in [5.41, 5.74) is 24.5. The van der Waals surface area contributed by atoms with Gasteiger partial charge in [0.15, 0.2) is 0 Å². The van der Waals surface area contributed by atoms with Crippen LogP contribution in [0.1, 0.15) is 0 Å². The Hall–Kier alpha value is -10.1. The van der Waals surface area contributed by atoms with Gasteiger partial charge in [0.25, 0.3) is 6.71 Å².